The molecule has 1 aliphatic carbocycles. The maximum atomic E-state index is 12.7. The van der Waals surface area contributed by atoms with Crippen LogP contribution in [0.5, 0.6) is 0 Å². The van der Waals surface area contributed by atoms with Gasteiger partial charge in [0.1, 0.15) is 10.9 Å². The van der Waals surface area contributed by atoms with Gasteiger partial charge in [-0.1, -0.05) is 23.2 Å². The van der Waals surface area contributed by atoms with Crippen molar-refractivity contribution in [1.29, 1.82) is 0 Å². The van der Waals surface area contributed by atoms with Gasteiger partial charge in [-0.2, -0.15) is 16.5 Å². The normalized spacial score (nSPS) is 15.7. The highest BCUT2D eigenvalue weighted by Crippen LogP contribution is 2.26. The van der Waals surface area contributed by atoms with E-state index < -0.39 is 16.1 Å². The lowest BCUT2D eigenvalue weighted by atomic mass is 10.2. The van der Waals surface area contributed by atoms with E-state index in [1.165, 1.54) is 31.0 Å². The molecule has 0 aliphatic heterocycles. The number of nitrogens with one attached hydrogen (secondary N) is 2. The SMILES string of the molecule is CSCCC(NS(=O)(=O)c1cc(Cl)ccc1Cl)C(=O)NCCN(C)C1CC1. The molecule has 0 saturated heterocycles. The highest BCUT2D eigenvalue weighted by atomic mass is 35.5. The van der Waals surface area contributed by atoms with E-state index in [9.17, 15) is 13.2 Å². The second-order valence-electron chi connectivity index (χ2n) is 6.53. The zero-order valence-electron chi connectivity index (χ0n) is 15.4. The standard InChI is InChI=1S/C17H25Cl2N3O3S2/c1-22(13-4-5-13)9-8-20-17(23)15(7-10-26-2)21-27(24,25)16-11-12(18)3-6-14(16)19/h3,6,11,13,15,21H,4-5,7-10H2,1-2H3,(H,20,23). The second kappa shape index (κ2) is 10.3. The number of likely N-dealkylation sites (N-methyl/N-ethyl adjacent to an activating group) is 1. The van der Waals surface area contributed by atoms with Crippen LogP contribution in [0.2, 0.25) is 10.0 Å². The zero-order chi connectivity index (χ0) is 20.0. The molecule has 0 heterocycles. The van der Waals surface area contributed by atoms with Crippen LogP contribution in [-0.2, 0) is 14.8 Å². The molecule has 2 rings (SSSR count). The Balaban J connectivity index is 2.03. The number of nitrogens with zero attached hydrogens (tertiary/aromatic N) is 1. The van der Waals surface area contributed by atoms with E-state index in [4.69, 9.17) is 23.2 Å². The number of carbonyl (C=O) groups excluding carboxylic acids is 1. The number of halogens is 2. The van der Waals surface area contributed by atoms with Crippen molar-refractivity contribution in [3.63, 3.8) is 0 Å². The van der Waals surface area contributed by atoms with Gasteiger partial charge in [-0.15, -0.1) is 0 Å². The Kier molecular flexibility index (Phi) is 8.70. The van der Waals surface area contributed by atoms with Crippen LogP contribution in [0.3, 0.4) is 0 Å². The van der Waals surface area contributed by atoms with E-state index in [2.05, 4.69) is 14.9 Å². The Morgan fingerprint density at radius 2 is 2.07 bits per heavy atom. The van der Waals surface area contributed by atoms with Crippen molar-refractivity contribution in [3.8, 4) is 0 Å². The Morgan fingerprint density at radius 1 is 1.37 bits per heavy atom. The summed E-state index contributed by atoms with van der Waals surface area (Å²) in [4.78, 5) is 14.6. The first-order valence-corrected chi connectivity index (χ1v) is 12.3. The van der Waals surface area contributed by atoms with Crippen LogP contribution in [-0.4, -0.2) is 63.5 Å². The predicted octanol–water partition coefficient (Wildman–Crippen LogP) is 2.60. The fourth-order valence-corrected chi connectivity index (χ4v) is 5.05. The monoisotopic (exact) mass is 453 g/mol. The highest BCUT2D eigenvalue weighted by Gasteiger charge is 2.28. The molecule has 0 bridgehead atoms. The number of carbonyl (C=O) groups is 1. The Labute approximate surface area is 175 Å². The largest absolute Gasteiger partial charge is 0.353 e. The van der Waals surface area contributed by atoms with Crippen LogP contribution >= 0.6 is 35.0 Å². The van der Waals surface area contributed by atoms with Crippen molar-refractivity contribution in [2.45, 2.75) is 36.2 Å². The minimum atomic E-state index is -3.98. The van der Waals surface area contributed by atoms with Crippen LogP contribution in [0.15, 0.2) is 23.1 Å². The number of amides is 1. The van der Waals surface area contributed by atoms with Crippen LogP contribution < -0.4 is 10.0 Å². The fourth-order valence-electron chi connectivity index (χ4n) is 2.59. The van der Waals surface area contributed by atoms with Crippen molar-refractivity contribution in [2.24, 2.45) is 0 Å². The Bertz CT molecular complexity index is 758. The zero-order valence-corrected chi connectivity index (χ0v) is 18.5. The third-order valence-electron chi connectivity index (χ3n) is 4.34. The molecule has 2 N–H and O–H groups in total. The van der Waals surface area contributed by atoms with E-state index in [-0.39, 0.29) is 20.8 Å². The summed E-state index contributed by atoms with van der Waals surface area (Å²) < 4.78 is 27.9. The molecule has 0 spiro atoms. The van der Waals surface area contributed by atoms with Gasteiger partial charge in [0, 0.05) is 24.2 Å². The molecule has 10 heteroatoms. The summed E-state index contributed by atoms with van der Waals surface area (Å²) in [6, 6.07) is 3.95. The molecule has 1 atom stereocenters. The molecule has 0 radical (unpaired) electrons. The summed E-state index contributed by atoms with van der Waals surface area (Å²) in [5.74, 6) is 0.307. The smallest absolute Gasteiger partial charge is 0.242 e. The maximum absolute atomic E-state index is 12.7. The second-order valence-corrected chi connectivity index (χ2v) is 10.0. The first-order valence-electron chi connectivity index (χ1n) is 8.69. The highest BCUT2D eigenvalue weighted by molar-refractivity contribution is 7.98. The molecule has 1 aromatic carbocycles. The van der Waals surface area contributed by atoms with Gasteiger partial charge in [0.05, 0.1) is 5.02 Å². The number of rotatable bonds is 11. The third-order valence-corrected chi connectivity index (χ3v) is 7.17. The molecule has 1 aromatic rings. The average molecular weight is 454 g/mol. The molecule has 152 valence electrons. The summed E-state index contributed by atoms with van der Waals surface area (Å²) in [5, 5.41) is 3.14. The molecular formula is C17H25Cl2N3O3S2. The van der Waals surface area contributed by atoms with Crippen LogP contribution in [0.25, 0.3) is 0 Å². The minimum Gasteiger partial charge on any atom is -0.353 e. The van der Waals surface area contributed by atoms with Gasteiger partial charge < -0.3 is 10.2 Å². The molecule has 1 amide bonds. The molecule has 1 fully saturated rings. The number of hydrogen-bond acceptors (Lipinski definition) is 5. The van der Waals surface area contributed by atoms with Gasteiger partial charge in [0.25, 0.3) is 0 Å². The summed E-state index contributed by atoms with van der Waals surface area (Å²) in [6.45, 7) is 1.21. The molecule has 27 heavy (non-hydrogen) atoms. The van der Waals surface area contributed by atoms with Crippen molar-refractivity contribution < 1.29 is 13.2 Å². The summed E-state index contributed by atoms with van der Waals surface area (Å²) in [7, 11) is -1.95. The topological polar surface area (TPSA) is 78.5 Å². The van der Waals surface area contributed by atoms with Crippen LogP contribution in [0, 0.1) is 0 Å². The third kappa shape index (κ3) is 7.11. The number of hydrogen-bond donors (Lipinski definition) is 2. The van der Waals surface area contributed by atoms with Gasteiger partial charge >= 0.3 is 0 Å². The predicted molar refractivity (Wildman–Crippen MR) is 112 cm³/mol. The molecular weight excluding hydrogens is 429 g/mol. The summed E-state index contributed by atoms with van der Waals surface area (Å²) in [5.41, 5.74) is 0. The number of benzene rings is 1. The van der Waals surface area contributed by atoms with Gasteiger partial charge in [0.2, 0.25) is 15.9 Å². The van der Waals surface area contributed by atoms with E-state index in [0.717, 1.165) is 6.54 Å². The van der Waals surface area contributed by atoms with Crippen molar-refractivity contribution in [1.82, 2.24) is 14.9 Å². The lowest BCUT2D eigenvalue weighted by Crippen LogP contribution is -2.48. The van der Waals surface area contributed by atoms with Crippen molar-refractivity contribution >= 4 is 50.9 Å². The molecule has 6 nitrogen and oxygen atoms in total. The number of thioether (sulfide) groups is 1. The maximum Gasteiger partial charge on any atom is 0.242 e. The van der Waals surface area contributed by atoms with E-state index >= 15 is 0 Å². The van der Waals surface area contributed by atoms with Crippen molar-refractivity contribution in [2.75, 3.05) is 32.1 Å². The molecule has 1 aliphatic rings. The molecule has 1 saturated carbocycles. The first-order chi connectivity index (χ1) is 12.7. The van der Waals surface area contributed by atoms with Crippen molar-refractivity contribution in [3.05, 3.63) is 28.2 Å². The number of sulfonamides is 1. The molecule has 0 aromatic heterocycles. The Morgan fingerprint density at radius 3 is 2.70 bits per heavy atom. The van der Waals surface area contributed by atoms with Gasteiger partial charge in [0.15, 0.2) is 0 Å². The van der Waals surface area contributed by atoms with Gasteiger partial charge in [-0.3, -0.25) is 4.79 Å². The molecule has 1 unspecified atom stereocenters. The lowest BCUT2D eigenvalue weighted by molar-refractivity contribution is -0.122. The summed E-state index contributed by atoms with van der Waals surface area (Å²) >= 11 is 13.5. The van der Waals surface area contributed by atoms with E-state index in [0.29, 0.717) is 24.8 Å². The van der Waals surface area contributed by atoms with Gasteiger partial charge in [-0.25, -0.2) is 8.42 Å². The van der Waals surface area contributed by atoms with E-state index in [1.807, 2.05) is 13.3 Å². The van der Waals surface area contributed by atoms with E-state index in [1.54, 1.807) is 11.8 Å². The Hall–Kier alpha value is -0.510. The average Bonchev–Trinajstić information content (AvgIpc) is 3.45. The minimum absolute atomic E-state index is 0.0574. The lowest BCUT2D eigenvalue weighted by Gasteiger charge is -2.20. The quantitative estimate of drug-likeness (QED) is 0.538. The van der Waals surface area contributed by atoms with Crippen LogP contribution in [0.1, 0.15) is 19.3 Å². The van der Waals surface area contributed by atoms with Gasteiger partial charge in [-0.05, 0) is 56.5 Å². The fraction of sp³-hybridized carbons (Fsp3) is 0.588. The summed E-state index contributed by atoms with van der Waals surface area (Å²) in [6.07, 6.45) is 4.67. The first kappa shape index (κ1) is 22.8. The van der Waals surface area contributed by atoms with Crippen LogP contribution in [0.4, 0.5) is 0 Å².